The summed E-state index contributed by atoms with van der Waals surface area (Å²) >= 11 is 0. The third-order valence-corrected chi connectivity index (χ3v) is 4.39. The number of aromatic nitrogens is 2. The van der Waals surface area contributed by atoms with E-state index >= 15 is 0 Å². The molecule has 7 nitrogen and oxygen atoms in total. The highest BCUT2D eigenvalue weighted by Crippen LogP contribution is 2.20. The van der Waals surface area contributed by atoms with Gasteiger partial charge in [0.25, 0.3) is 0 Å². The number of likely N-dealkylation sites (N-methyl/N-ethyl adjacent to an activating group) is 1. The molecule has 24 heavy (non-hydrogen) atoms. The summed E-state index contributed by atoms with van der Waals surface area (Å²) in [5.74, 6) is 0.747. The molecule has 1 aromatic heterocycles. The van der Waals surface area contributed by atoms with Crippen molar-refractivity contribution < 1.29 is 5.11 Å². The van der Waals surface area contributed by atoms with E-state index in [2.05, 4.69) is 32.7 Å². The lowest BCUT2D eigenvalue weighted by molar-refractivity contribution is 0.0671. The number of aliphatic hydroxyl groups is 1. The van der Waals surface area contributed by atoms with Crippen LogP contribution in [0.15, 0.2) is 17.4 Å². The number of guanidine groups is 1. The first-order valence-electron chi connectivity index (χ1n) is 8.36. The zero-order valence-corrected chi connectivity index (χ0v) is 17.4. The summed E-state index contributed by atoms with van der Waals surface area (Å²) in [7, 11) is 4.00. The largest absolute Gasteiger partial charge is 0.383 e. The molecule has 1 aromatic rings. The summed E-state index contributed by atoms with van der Waals surface area (Å²) in [5, 5.41) is 21.4. The number of hydrogen-bond acceptors (Lipinski definition) is 4. The quantitative estimate of drug-likeness (QED) is 0.341. The van der Waals surface area contributed by atoms with Crippen LogP contribution >= 0.6 is 24.0 Å². The van der Waals surface area contributed by atoms with Crippen LogP contribution in [0.2, 0.25) is 0 Å². The normalized spacial score (nSPS) is 21.2. The summed E-state index contributed by atoms with van der Waals surface area (Å²) in [6, 6.07) is 0.553. The van der Waals surface area contributed by atoms with E-state index < -0.39 is 5.60 Å². The molecule has 1 saturated heterocycles. The summed E-state index contributed by atoms with van der Waals surface area (Å²) < 4.78 is 1.69. The van der Waals surface area contributed by atoms with Gasteiger partial charge in [-0.3, -0.25) is 4.68 Å². The predicted octanol–water partition coefficient (Wildman–Crippen LogP) is 0.895. The van der Waals surface area contributed by atoms with Gasteiger partial charge in [-0.25, -0.2) is 4.99 Å². The topological polar surface area (TPSA) is 77.7 Å². The van der Waals surface area contributed by atoms with Gasteiger partial charge in [0.15, 0.2) is 5.96 Å². The molecule has 8 heteroatoms. The molecular formula is C16H31IN6O. The molecule has 2 heterocycles. The maximum absolute atomic E-state index is 10.6. The smallest absolute Gasteiger partial charge is 0.191 e. The molecule has 1 aliphatic heterocycles. The Labute approximate surface area is 161 Å². The number of nitrogens with zero attached hydrogens (tertiary/aromatic N) is 4. The van der Waals surface area contributed by atoms with E-state index in [0.29, 0.717) is 6.04 Å². The van der Waals surface area contributed by atoms with Gasteiger partial charge in [0.05, 0.1) is 12.7 Å². The van der Waals surface area contributed by atoms with Gasteiger partial charge in [-0.05, 0) is 40.3 Å². The number of aryl methyl sites for hydroxylation is 1. The minimum atomic E-state index is -1.03. The third kappa shape index (κ3) is 5.89. The Kier molecular flexibility index (Phi) is 8.44. The second-order valence-corrected chi connectivity index (χ2v) is 6.53. The van der Waals surface area contributed by atoms with E-state index in [1.807, 2.05) is 20.2 Å². The van der Waals surface area contributed by atoms with Gasteiger partial charge >= 0.3 is 0 Å². The Morgan fingerprint density at radius 3 is 2.75 bits per heavy atom. The van der Waals surface area contributed by atoms with Crippen LogP contribution < -0.4 is 10.6 Å². The Bertz CT molecular complexity index is 530. The predicted molar refractivity (Wildman–Crippen MR) is 108 cm³/mol. The molecule has 138 valence electrons. The minimum absolute atomic E-state index is 0. The lowest BCUT2D eigenvalue weighted by atomic mass is 10.0. The van der Waals surface area contributed by atoms with Gasteiger partial charge in [0.1, 0.15) is 5.60 Å². The van der Waals surface area contributed by atoms with Crippen LogP contribution in [0, 0.1) is 0 Å². The molecule has 0 bridgehead atoms. The van der Waals surface area contributed by atoms with Crippen molar-refractivity contribution in [2.45, 2.75) is 38.3 Å². The second kappa shape index (κ2) is 9.57. The van der Waals surface area contributed by atoms with Crippen molar-refractivity contribution in [3.63, 3.8) is 0 Å². The Morgan fingerprint density at radius 2 is 2.21 bits per heavy atom. The molecule has 2 rings (SSSR count). The van der Waals surface area contributed by atoms with Crippen molar-refractivity contribution in [3.05, 3.63) is 18.0 Å². The van der Waals surface area contributed by atoms with E-state index in [9.17, 15) is 5.11 Å². The molecule has 2 unspecified atom stereocenters. The van der Waals surface area contributed by atoms with Crippen molar-refractivity contribution in [2.24, 2.45) is 12.0 Å². The van der Waals surface area contributed by atoms with Crippen molar-refractivity contribution in [2.75, 3.05) is 33.2 Å². The van der Waals surface area contributed by atoms with E-state index in [1.54, 1.807) is 17.8 Å². The summed E-state index contributed by atoms with van der Waals surface area (Å²) in [6.07, 6.45) is 5.98. The van der Waals surface area contributed by atoms with Crippen LogP contribution in [0.25, 0.3) is 0 Å². The van der Waals surface area contributed by atoms with Gasteiger partial charge in [0.2, 0.25) is 0 Å². The average Bonchev–Trinajstić information content (AvgIpc) is 3.11. The zero-order valence-electron chi connectivity index (χ0n) is 15.1. The molecular weight excluding hydrogens is 419 g/mol. The summed E-state index contributed by atoms with van der Waals surface area (Å²) in [5.41, 5.74) is -0.254. The SMILES string of the molecule is CCNC(=NCC(C)(O)c1cnn(C)c1)NCC1CCCN1C.I. The fourth-order valence-electron chi connectivity index (χ4n) is 2.82. The molecule has 3 N–H and O–H groups in total. The fourth-order valence-corrected chi connectivity index (χ4v) is 2.82. The molecule has 0 aliphatic carbocycles. The minimum Gasteiger partial charge on any atom is -0.383 e. The van der Waals surface area contributed by atoms with Crippen LogP contribution in [0.3, 0.4) is 0 Å². The number of halogens is 1. The Hall–Kier alpha value is -0.870. The van der Waals surface area contributed by atoms with Crippen molar-refractivity contribution in [3.8, 4) is 0 Å². The van der Waals surface area contributed by atoms with Crippen LogP contribution in [0.5, 0.6) is 0 Å². The fraction of sp³-hybridized carbons (Fsp3) is 0.750. The van der Waals surface area contributed by atoms with E-state index in [0.717, 1.165) is 31.2 Å². The van der Waals surface area contributed by atoms with Crippen molar-refractivity contribution in [1.82, 2.24) is 25.3 Å². The van der Waals surface area contributed by atoms with Crippen molar-refractivity contribution in [1.29, 1.82) is 0 Å². The molecule has 0 spiro atoms. The number of rotatable bonds is 6. The van der Waals surface area contributed by atoms with Crippen LogP contribution in [0.4, 0.5) is 0 Å². The van der Waals surface area contributed by atoms with Gasteiger partial charge in [-0.15, -0.1) is 24.0 Å². The Balaban J connectivity index is 0.00000288. The van der Waals surface area contributed by atoms with Gasteiger partial charge in [-0.2, -0.15) is 5.10 Å². The first-order chi connectivity index (χ1) is 10.9. The molecule has 0 aromatic carbocycles. The van der Waals surface area contributed by atoms with E-state index in [1.165, 1.54) is 12.8 Å². The number of hydrogen-bond donors (Lipinski definition) is 3. The summed E-state index contributed by atoms with van der Waals surface area (Å²) in [4.78, 5) is 6.92. The zero-order chi connectivity index (χ0) is 16.9. The highest BCUT2D eigenvalue weighted by Gasteiger charge is 2.25. The molecule has 0 radical (unpaired) electrons. The first-order valence-corrected chi connectivity index (χ1v) is 8.36. The lowest BCUT2D eigenvalue weighted by Crippen LogP contribution is -2.44. The van der Waals surface area contributed by atoms with Gasteiger partial charge in [0, 0.05) is 37.9 Å². The molecule has 0 saturated carbocycles. The molecule has 0 amide bonds. The highest BCUT2D eigenvalue weighted by molar-refractivity contribution is 14.0. The third-order valence-electron chi connectivity index (χ3n) is 4.39. The number of nitrogens with one attached hydrogen (secondary N) is 2. The maximum atomic E-state index is 10.6. The average molecular weight is 450 g/mol. The number of likely N-dealkylation sites (tertiary alicyclic amines) is 1. The monoisotopic (exact) mass is 450 g/mol. The molecule has 1 fully saturated rings. The van der Waals surface area contributed by atoms with Gasteiger partial charge < -0.3 is 20.6 Å². The van der Waals surface area contributed by atoms with Crippen LogP contribution in [-0.2, 0) is 12.6 Å². The van der Waals surface area contributed by atoms with Gasteiger partial charge in [-0.1, -0.05) is 0 Å². The first kappa shape index (κ1) is 21.2. The Morgan fingerprint density at radius 1 is 1.46 bits per heavy atom. The standard InChI is InChI=1S/C16H30N6O.HI/c1-5-17-15(18-10-14-7-6-8-21(14)3)19-12-16(2,23)13-9-20-22(4)11-13;/h9,11,14,23H,5-8,10,12H2,1-4H3,(H2,17,18,19);1H. The lowest BCUT2D eigenvalue weighted by Gasteiger charge is -2.23. The maximum Gasteiger partial charge on any atom is 0.191 e. The van der Waals surface area contributed by atoms with Crippen LogP contribution in [0.1, 0.15) is 32.3 Å². The molecule has 1 aliphatic rings. The number of aliphatic imine (C=N–C) groups is 1. The summed E-state index contributed by atoms with van der Waals surface area (Å²) in [6.45, 7) is 6.92. The van der Waals surface area contributed by atoms with E-state index in [4.69, 9.17) is 0 Å². The van der Waals surface area contributed by atoms with Crippen molar-refractivity contribution >= 4 is 29.9 Å². The van der Waals surface area contributed by atoms with Crippen LogP contribution in [-0.4, -0.2) is 65.0 Å². The molecule has 2 atom stereocenters. The second-order valence-electron chi connectivity index (χ2n) is 6.53. The van der Waals surface area contributed by atoms with E-state index in [-0.39, 0.29) is 30.5 Å². The highest BCUT2D eigenvalue weighted by atomic mass is 127.